The summed E-state index contributed by atoms with van der Waals surface area (Å²) in [7, 11) is 0. The van der Waals surface area contributed by atoms with Crippen molar-refractivity contribution in [3.8, 4) is 5.75 Å². The SMILES string of the molecule is CC(=O)Oc1ccc(C2/C(=C(/O)c3ccc4ccccc4c3)C(=O)C(=O)N2c2ccc(C)c(C)c2)cc1. The highest BCUT2D eigenvalue weighted by Crippen LogP contribution is 2.43. The van der Waals surface area contributed by atoms with Gasteiger partial charge in [-0.05, 0) is 71.6 Å². The maximum atomic E-state index is 13.4. The van der Waals surface area contributed by atoms with Gasteiger partial charge in [-0.3, -0.25) is 19.3 Å². The van der Waals surface area contributed by atoms with Gasteiger partial charge in [-0.1, -0.05) is 54.6 Å². The minimum atomic E-state index is -0.875. The molecule has 6 nitrogen and oxygen atoms in total. The van der Waals surface area contributed by atoms with E-state index >= 15 is 0 Å². The van der Waals surface area contributed by atoms with Gasteiger partial charge in [-0.2, -0.15) is 0 Å². The lowest BCUT2D eigenvalue weighted by Crippen LogP contribution is -2.29. The Morgan fingerprint density at radius 2 is 1.54 bits per heavy atom. The second kappa shape index (κ2) is 9.39. The number of carbonyl (C=O) groups excluding carboxylic acids is 3. The summed E-state index contributed by atoms with van der Waals surface area (Å²) in [5.41, 5.74) is 3.61. The summed E-state index contributed by atoms with van der Waals surface area (Å²) in [5.74, 6) is -1.85. The van der Waals surface area contributed by atoms with E-state index in [2.05, 4.69) is 0 Å². The zero-order chi connectivity index (χ0) is 26.3. The van der Waals surface area contributed by atoms with E-state index in [1.165, 1.54) is 11.8 Å². The van der Waals surface area contributed by atoms with E-state index in [4.69, 9.17) is 4.74 Å². The molecule has 1 atom stereocenters. The van der Waals surface area contributed by atoms with E-state index in [0.29, 0.717) is 22.6 Å². The maximum Gasteiger partial charge on any atom is 0.308 e. The van der Waals surface area contributed by atoms with Crippen LogP contribution in [-0.4, -0.2) is 22.8 Å². The molecule has 0 saturated carbocycles. The number of carbonyl (C=O) groups is 3. The predicted octanol–water partition coefficient (Wildman–Crippen LogP) is 6.01. The summed E-state index contributed by atoms with van der Waals surface area (Å²) in [4.78, 5) is 39.6. The number of esters is 1. The van der Waals surface area contributed by atoms with E-state index < -0.39 is 23.7 Å². The fourth-order valence-corrected chi connectivity index (χ4v) is 4.67. The van der Waals surface area contributed by atoms with Crippen LogP contribution in [0.5, 0.6) is 5.75 Å². The minimum Gasteiger partial charge on any atom is -0.507 e. The molecule has 1 aliphatic heterocycles. The third-order valence-corrected chi connectivity index (χ3v) is 6.69. The van der Waals surface area contributed by atoms with Crippen molar-refractivity contribution in [2.75, 3.05) is 4.90 Å². The predicted molar refractivity (Wildman–Crippen MR) is 142 cm³/mol. The highest BCUT2D eigenvalue weighted by molar-refractivity contribution is 6.51. The summed E-state index contributed by atoms with van der Waals surface area (Å²) in [5, 5.41) is 13.3. The number of anilines is 1. The number of ether oxygens (including phenoxy) is 1. The second-order valence-electron chi connectivity index (χ2n) is 9.16. The van der Waals surface area contributed by atoms with Crippen LogP contribution in [0.15, 0.2) is 90.5 Å². The van der Waals surface area contributed by atoms with Crippen molar-refractivity contribution in [2.45, 2.75) is 26.8 Å². The number of amides is 1. The zero-order valence-corrected chi connectivity index (χ0v) is 20.7. The maximum absolute atomic E-state index is 13.4. The number of aliphatic hydroxyl groups excluding tert-OH is 1. The molecule has 5 rings (SSSR count). The first-order chi connectivity index (χ1) is 17.7. The monoisotopic (exact) mass is 491 g/mol. The van der Waals surface area contributed by atoms with Crippen LogP contribution in [-0.2, 0) is 14.4 Å². The summed E-state index contributed by atoms with van der Waals surface area (Å²) in [6, 6.07) is 24.4. The Morgan fingerprint density at radius 3 is 2.22 bits per heavy atom. The molecular formula is C31H25NO5. The van der Waals surface area contributed by atoms with E-state index in [0.717, 1.165) is 21.9 Å². The number of Topliss-reactive ketones (excluding diaryl/α,β-unsaturated/α-hetero) is 1. The van der Waals surface area contributed by atoms with Crippen molar-refractivity contribution in [2.24, 2.45) is 0 Å². The number of benzene rings is 4. The molecule has 0 bridgehead atoms. The molecule has 0 aromatic heterocycles. The minimum absolute atomic E-state index is 0.00116. The third-order valence-electron chi connectivity index (χ3n) is 6.69. The summed E-state index contributed by atoms with van der Waals surface area (Å²) >= 11 is 0. The van der Waals surface area contributed by atoms with Crippen LogP contribution in [0, 0.1) is 13.8 Å². The van der Waals surface area contributed by atoms with Crippen LogP contribution in [0.1, 0.15) is 35.2 Å². The molecule has 4 aromatic rings. The first-order valence-corrected chi connectivity index (χ1v) is 11.9. The lowest BCUT2D eigenvalue weighted by Gasteiger charge is -2.26. The Kier molecular flexibility index (Phi) is 6.09. The highest BCUT2D eigenvalue weighted by Gasteiger charge is 2.47. The molecule has 37 heavy (non-hydrogen) atoms. The zero-order valence-electron chi connectivity index (χ0n) is 20.7. The first kappa shape index (κ1) is 24.0. The Labute approximate surface area is 214 Å². The van der Waals surface area contributed by atoms with Gasteiger partial charge >= 0.3 is 5.97 Å². The summed E-state index contributed by atoms with van der Waals surface area (Å²) < 4.78 is 5.15. The third kappa shape index (κ3) is 4.38. The van der Waals surface area contributed by atoms with Crippen LogP contribution in [0.2, 0.25) is 0 Å². The quantitative estimate of drug-likeness (QED) is 0.124. The Morgan fingerprint density at radius 1 is 0.838 bits per heavy atom. The van der Waals surface area contributed by atoms with Gasteiger partial charge in [0.1, 0.15) is 11.5 Å². The Hall–Kier alpha value is -4.71. The van der Waals surface area contributed by atoms with Gasteiger partial charge in [-0.15, -0.1) is 0 Å². The van der Waals surface area contributed by atoms with Gasteiger partial charge < -0.3 is 9.84 Å². The fraction of sp³-hybridized carbons (Fsp3) is 0.129. The highest BCUT2D eigenvalue weighted by atomic mass is 16.5. The molecule has 1 amide bonds. The van der Waals surface area contributed by atoms with Gasteiger partial charge in [-0.25, -0.2) is 0 Å². The van der Waals surface area contributed by atoms with Gasteiger partial charge in [0, 0.05) is 18.2 Å². The van der Waals surface area contributed by atoms with E-state index in [1.54, 1.807) is 42.5 Å². The standard InChI is InChI=1S/C31H25NO5/c1-18-8-13-25(16-19(18)2)32-28(22-11-14-26(15-12-22)37-20(3)33)27(30(35)31(32)36)29(34)24-10-9-21-6-4-5-7-23(21)17-24/h4-17,28,34H,1-3H3/b29-27-. The number of fused-ring (bicyclic) bond motifs is 1. The van der Waals surface area contributed by atoms with Crippen LogP contribution in [0.3, 0.4) is 0 Å². The van der Waals surface area contributed by atoms with Crippen molar-refractivity contribution < 1.29 is 24.2 Å². The molecule has 1 unspecified atom stereocenters. The lowest BCUT2D eigenvalue weighted by atomic mass is 9.94. The van der Waals surface area contributed by atoms with Crippen molar-refractivity contribution in [3.05, 3.63) is 113 Å². The normalized spacial score (nSPS) is 16.8. The molecule has 6 heteroatoms. The van der Waals surface area contributed by atoms with Crippen LogP contribution >= 0.6 is 0 Å². The summed E-state index contributed by atoms with van der Waals surface area (Å²) in [6.07, 6.45) is 0. The number of ketones is 1. The Balaban J connectivity index is 1.70. The van der Waals surface area contributed by atoms with Crippen LogP contribution in [0.25, 0.3) is 16.5 Å². The molecule has 1 heterocycles. The van der Waals surface area contributed by atoms with Gasteiger partial charge in [0.15, 0.2) is 0 Å². The van der Waals surface area contributed by atoms with Crippen molar-refractivity contribution in [3.63, 3.8) is 0 Å². The van der Waals surface area contributed by atoms with Crippen molar-refractivity contribution >= 4 is 39.9 Å². The number of aryl methyl sites for hydroxylation is 2. The molecule has 184 valence electrons. The average molecular weight is 492 g/mol. The molecule has 1 fully saturated rings. The van der Waals surface area contributed by atoms with Gasteiger partial charge in [0.2, 0.25) is 0 Å². The van der Waals surface area contributed by atoms with Gasteiger partial charge in [0.25, 0.3) is 11.7 Å². The van der Waals surface area contributed by atoms with E-state index in [1.807, 2.05) is 56.3 Å². The molecule has 1 N–H and O–H groups in total. The van der Waals surface area contributed by atoms with Crippen LogP contribution < -0.4 is 9.64 Å². The lowest BCUT2D eigenvalue weighted by molar-refractivity contribution is -0.132. The summed E-state index contributed by atoms with van der Waals surface area (Å²) in [6.45, 7) is 5.22. The number of rotatable bonds is 4. The van der Waals surface area contributed by atoms with E-state index in [-0.39, 0.29) is 11.3 Å². The number of aliphatic hydroxyl groups is 1. The molecule has 0 spiro atoms. The topological polar surface area (TPSA) is 83.9 Å². The largest absolute Gasteiger partial charge is 0.507 e. The molecule has 1 saturated heterocycles. The molecular weight excluding hydrogens is 466 g/mol. The van der Waals surface area contributed by atoms with Crippen molar-refractivity contribution in [1.29, 1.82) is 0 Å². The number of nitrogens with zero attached hydrogens (tertiary/aromatic N) is 1. The van der Waals surface area contributed by atoms with E-state index in [9.17, 15) is 19.5 Å². The second-order valence-corrected chi connectivity index (χ2v) is 9.16. The molecule has 1 aliphatic rings. The van der Waals surface area contributed by atoms with Crippen LogP contribution in [0.4, 0.5) is 5.69 Å². The molecule has 0 aliphatic carbocycles. The van der Waals surface area contributed by atoms with Crippen molar-refractivity contribution in [1.82, 2.24) is 0 Å². The molecule has 0 radical (unpaired) electrons. The number of hydrogen-bond acceptors (Lipinski definition) is 5. The number of hydrogen-bond donors (Lipinski definition) is 1. The Bertz CT molecular complexity index is 1600. The smallest absolute Gasteiger partial charge is 0.308 e. The average Bonchev–Trinajstić information content (AvgIpc) is 3.15. The first-order valence-electron chi connectivity index (χ1n) is 11.9. The fourth-order valence-electron chi connectivity index (χ4n) is 4.67. The van der Waals surface area contributed by atoms with Gasteiger partial charge in [0.05, 0.1) is 11.6 Å². The molecule has 4 aromatic carbocycles.